The molecular formula is C13H16ClF3N2O2S. The van der Waals surface area contributed by atoms with Crippen molar-refractivity contribution in [2.75, 3.05) is 18.2 Å². The monoisotopic (exact) mass is 356 g/mol. The van der Waals surface area contributed by atoms with Gasteiger partial charge in [-0.25, -0.2) is 0 Å². The first kappa shape index (κ1) is 18.9. The van der Waals surface area contributed by atoms with E-state index < -0.39 is 17.5 Å². The lowest BCUT2D eigenvalue weighted by Gasteiger charge is -2.15. The third-order valence-corrected chi connectivity index (χ3v) is 3.94. The van der Waals surface area contributed by atoms with Gasteiger partial charge in [0.2, 0.25) is 5.91 Å². The zero-order chi connectivity index (χ0) is 16.9. The van der Waals surface area contributed by atoms with Crippen LogP contribution >= 0.6 is 23.4 Å². The molecule has 124 valence electrons. The second-order valence-corrected chi connectivity index (χ2v) is 6.05. The lowest BCUT2D eigenvalue weighted by molar-refractivity contribution is -0.117. The summed E-state index contributed by atoms with van der Waals surface area (Å²) >= 11 is 5.74. The van der Waals surface area contributed by atoms with E-state index in [9.17, 15) is 18.0 Å². The number of thioether (sulfide) groups is 1. The van der Waals surface area contributed by atoms with E-state index in [-0.39, 0.29) is 23.9 Å². The maximum atomic E-state index is 12.0. The number of ether oxygens (including phenoxy) is 1. The molecular weight excluding hydrogens is 341 g/mol. The highest BCUT2D eigenvalue weighted by Gasteiger charge is 2.28. The van der Waals surface area contributed by atoms with Gasteiger partial charge in [-0.1, -0.05) is 23.4 Å². The first-order chi connectivity index (χ1) is 10.1. The Balaban J connectivity index is 2.66. The SMILES string of the molecule is COc1cc(Cl)c(C)cc1NC(=O)[C@@H](N)CCSC(F)(F)F. The molecule has 3 N–H and O–H groups in total. The Bertz CT molecular complexity index is 541. The van der Waals surface area contributed by atoms with Gasteiger partial charge < -0.3 is 15.8 Å². The first-order valence-electron chi connectivity index (χ1n) is 6.25. The fourth-order valence-electron chi connectivity index (χ4n) is 1.59. The van der Waals surface area contributed by atoms with Gasteiger partial charge in [-0.3, -0.25) is 4.79 Å². The lowest BCUT2D eigenvalue weighted by Crippen LogP contribution is -2.36. The molecule has 0 aliphatic rings. The number of carbonyl (C=O) groups excluding carboxylic acids is 1. The fourth-order valence-corrected chi connectivity index (χ4v) is 2.34. The predicted molar refractivity (Wildman–Crippen MR) is 82.5 cm³/mol. The third-order valence-electron chi connectivity index (χ3n) is 2.77. The van der Waals surface area contributed by atoms with E-state index in [0.717, 1.165) is 5.56 Å². The number of hydrogen-bond donors (Lipinski definition) is 2. The van der Waals surface area contributed by atoms with E-state index in [4.69, 9.17) is 22.1 Å². The number of nitrogens with one attached hydrogen (secondary N) is 1. The van der Waals surface area contributed by atoms with Crippen LogP contribution in [-0.2, 0) is 4.79 Å². The van der Waals surface area contributed by atoms with Crippen LogP contribution in [0, 0.1) is 6.92 Å². The minimum atomic E-state index is -4.33. The van der Waals surface area contributed by atoms with Gasteiger partial charge in [-0.15, -0.1) is 0 Å². The van der Waals surface area contributed by atoms with Crippen LogP contribution in [0.25, 0.3) is 0 Å². The molecule has 9 heteroatoms. The number of amides is 1. The van der Waals surface area contributed by atoms with Crippen molar-refractivity contribution in [2.24, 2.45) is 5.73 Å². The molecule has 22 heavy (non-hydrogen) atoms. The largest absolute Gasteiger partial charge is 0.495 e. The first-order valence-corrected chi connectivity index (χ1v) is 7.61. The molecule has 1 aromatic carbocycles. The average molecular weight is 357 g/mol. The van der Waals surface area contributed by atoms with E-state index in [1.54, 1.807) is 13.0 Å². The van der Waals surface area contributed by atoms with Crippen LogP contribution in [0.3, 0.4) is 0 Å². The molecule has 1 atom stereocenters. The molecule has 0 aliphatic carbocycles. The molecule has 0 aliphatic heterocycles. The third kappa shape index (κ3) is 5.94. The number of hydrogen-bond acceptors (Lipinski definition) is 4. The number of alkyl halides is 3. The van der Waals surface area contributed by atoms with E-state index in [2.05, 4.69) is 5.32 Å². The molecule has 0 spiro atoms. The molecule has 0 heterocycles. The predicted octanol–water partition coefficient (Wildman–Crippen LogP) is 3.57. The Hall–Kier alpha value is -1.12. The van der Waals surface area contributed by atoms with Gasteiger partial charge >= 0.3 is 5.51 Å². The fraction of sp³-hybridized carbons (Fsp3) is 0.462. The van der Waals surface area contributed by atoms with Crippen molar-refractivity contribution in [1.82, 2.24) is 0 Å². The number of anilines is 1. The summed E-state index contributed by atoms with van der Waals surface area (Å²) in [6, 6.07) is 2.10. The zero-order valence-corrected chi connectivity index (χ0v) is 13.5. The van der Waals surface area contributed by atoms with Gasteiger partial charge in [0.05, 0.1) is 18.8 Å². The van der Waals surface area contributed by atoms with E-state index in [1.165, 1.54) is 13.2 Å². The van der Waals surface area contributed by atoms with Crippen molar-refractivity contribution >= 4 is 35.0 Å². The lowest BCUT2D eigenvalue weighted by atomic mass is 10.1. The Labute approximate surface area is 135 Å². The Morgan fingerprint density at radius 1 is 1.50 bits per heavy atom. The van der Waals surface area contributed by atoms with Crippen LogP contribution in [0.2, 0.25) is 5.02 Å². The molecule has 0 unspecified atom stereocenters. The molecule has 0 aromatic heterocycles. The van der Waals surface area contributed by atoms with E-state index in [0.29, 0.717) is 16.5 Å². The van der Waals surface area contributed by atoms with Crippen LogP contribution in [0.15, 0.2) is 12.1 Å². The number of rotatable bonds is 6. The molecule has 4 nitrogen and oxygen atoms in total. The maximum absolute atomic E-state index is 12.0. The summed E-state index contributed by atoms with van der Waals surface area (Å²) in [5.74, 6) is -0.516. The second kappa shape index (κ2) is 7.94. The standard InChI is InChI=1S/C13H16ClF3N2O2S/c1-7-5-10(11(21-2)6-8(7)14)19-12(20)9(18)3-4-22-13(15,16)17/h5-6,9H,3-4,18H2,1-2H3,(H,19,20)/t9-/m0/s1. The van der Waals surface area contributed by atoms with Gasteiger partial charge in [-0.05, 0) is 25.0 Å². The van der Waals surface area contributed by atoms with Gasteiger partial charge in [0, 0.05) is 16.8 Å². The number of aryl methyl sites for hydroxylation is 1. The van der Waals surface area contributed by atoms with Gasteiger partial charge in [0.15, 0.2) is 0 Å². The highest BCUT2D eigenvalue weighted by Crippen LogP contribution is 2.32. The molecule has 1 amide bonds. The van der Waals surface area contributed by atoms with Crippen LogP contribution in [-0.4, -0.2) is 30.3 Å². The molecule has 0 saturated carbocycles. The summed E-state index contributed by atoms with van der Waals surface area (Å²) in [5.41, 5.74) is 2.36. The van der Waals surface area contributed by atoms with Crippen LogP contribution in [0.4, 0.5) is 18.9 Å². The molecule has 0 fully saturated rings. The van der Waals surface area contributed by atoms with Gasteiger partial charge in [0.1, 0.15) is 5.75 Å². The molecule has 1 rings (SSSR count). The molecule has 0 saturated heterocycles. The average Bonchev–Trinajstić information content (AvgIpc) is 2.40. The minimum absolute atomic E-state index is 0.0924. The van der Waals surface area contributed by atoms with Gasteiger partial charge in [0.25, 0.3) is 0 Å². The minimum Gasteiger partial charge on any atom is -0.495 e. The quantitative estimate of drug-likeness (QED) is 0.818. The van der Waals surface area contributed by atoms with Gasteiger partial charge in [-0.2, -0.15) is 13.2 Å². The molecule has 1 aromatic rings. The summed E-state index contributed by atoms with van der Waals surface area (Å²) in [4.78, 5) is 11.9. The van der Waals surface area contributed by atoms with Crippen LogP contribution < -0.4 is 15.8 Å². The summed E-state index contributed by atoms with van der Waals surface area (Å²) < 4.78 is 41.2. The van der Waals surface area contributed by atoms with Crippen molar-refractivity contribution in [3.05, 3.63) is 22.7 Å². The summed E-state index contributed by atoms with van der Waals surface area (Å²) in [6.45, 7) is 1.75. The highest BCUT2D eigenvalue weighted by atomic mass is 35.5. The molecule has 0 radical (unpaired) electrons. The van der Waals surface area contributed by atoms with Crippen molar-refractivity contribution in [2.45, 2.75) is 24.9 Å². The van der Waals surface area contributed by atoms with E-state index in [1.807, 2.05) is 0 Å². The van der Waals surface area contributed by atoms with E-state index >= 15 is 0 Å². The number of benzene rings is 1. The van der Waals surface area contributed by atoms with Crippen molar-refractivity contribution < 1.29 is 22.7 Å². The van der Waals surface area contributed by atoms with Crippen molar-refractivity contribution in [3.8, 4) is 5.75 Å². The summed E-state index contributed by atoms with van der Waals surface area (Å²) in [5, 5.41) is 3.01. The van der Waals surface area contributed by atoms with Crippen molar-refractivity contribution in [1.29, 1.82) is 0 Å². The number of halogens is 4. The Morgan fingerprint density at radius 3 is 2.68 bits per heavy atom. The number of nitrogens with two attached hydrogens (primary N) is 1. The summed E-state index contributed by atoms with van der Waals surface area (Å²) in [7, 11) is 1.41. The molecule has 0 bridgehead atoms. The number of methoxy groups -OCH3 is 1. The van der Waals surface area contributed by atoms with Crippen LogP contribution in [0.1, 0.15) is 12.0 Å². The Kier molecular flexibility index (Phi) is 6.83. The maximum Gasteiger partial charge on any atom is 0.441 e. The smallest absolute Gasteiger partial charge is 0.441 e. The van der Waals surface area contributed by atoms with Crippen LogP contribution in [0.5, 0.6) is 5.75 Å². The van der Waals surface area contributed by atoms with Crippen molar-refractivity contribution in [3.63, 3.8) is 0 Å². The summed E-state index contributed by atoms with van der Waals surface area (Å²) in [6.07, 6.45) is -0.0924. The highest BCUT2D eigenvalue weighted by molar-refractivity contribution is 8.00. The normalized spacial score (nSPS) is 12.9. The topological polar surface area (TPSA) is 64.3 Å². The zero-order valence-electron chi connectivity index (χ0n) is 12.0. The number of carbonyl (C=O) groups is 1. The second-order valence-electron chi connectivity index (χ2n) is 4.48. The Morgan fingerprint density at radius 2 is 2.14 bits per heavy atom.